The van der Waals surface area contributed by atoms with Crippen LogP contribution >= 0.6 is 0 Å². The fraction of sp³-hybridized carbons (Fsp3) is 0.400. The molecule has 0 unspecified atom stereocenters. The standard InChI is InChI=1S/C10H13NO2/c11-5-9(12)8-6-13-10-4-2-1-3-7(8)10/h1-4,8-9,12H,5-6,11H2/t8-,9+/m1/s1. The number of hydrogen-bond donors (Lipinski definition) is 2. The highest BCUT2D eigenvalue weighted by Crippen LogP contribution is 2.35. The van der Waals surface area contributed by atoms with Crippen LogP contribution in [0.1, 0.15) is 11.5 Å². The maximum absolute atomic E-state index is 9.60. The van der Waals surface area contributed by atoms with E-state index < -0.39 is 6.10 Å². The Morgan fingerprint density at radius 3 is 3.08 bits per heavy atom. The largest absolute Gasteiger partial charge is 0.493 e. The van der Waals surface area contributed by atoms with Gasteiger partial charge in [0.2, 0.25) is 0 Å². The number of aliphatic hydroxyl groups is 1. The van der Waals surface area contributed by atoms with E-state index in [1.165, 1.54) is 0 Å². The van der Waals surface area contributed by atoms with Gasteiger partial charge in [0, 0.05) is 18.0 Å². The first-order valence-electron chi connectivity index (χ1n) is 4.43. The molecule has 3 heteroatoms. The Balaban J connectivity index is 2.28. The number of ether oxygens (including phenoxy) is 1. The molecule has 0 bridgehead atoms. The van der Waals surface area contributed by atoms with Crippen LogP contribution in [0.4, 0.5) is 0 Å². The lowest BCUT2D eigenvalue weighted by atomic mass is 9.96. The molecule has 3 nitrogen and oxygen atoms in total. The van der Waals surface area contributed by atoms with Crippen molar-refractivity contribution in [1.82, 2.24) is 0 Å². The van der Waals surface area contributed by atoms with Crippen molar-refractivity contribution in [1.29, 1.82) is 0 Å². The van der Waals surface area contributed by atoms with Gasteiger partial charge in [0.25, 0.3) is 0 Å². The van der Waals surface area contributed by atoms with Gasteiger partial charge in [0.05, 0.1) is 12.7 Å². The average molecular weight is 179 g/mol. The van der Waals surface area contributed by atoms with Crippen LogP contribution in [0.5, 0.6) is 5.75 Å². The lowest BCUT2D eigenvalue weighted by Crippen LogP contribution is -2.28. The lowest BCUT2D eigenvalue weighted by molar-refractivity contribution is 0.136. The minimum atomic E-state index is -0.497. The number of hydrogen-bond acceptors (Lipinski definition) is 3. The fourth-order valence-corrected chi connectivity index (χ4v) is 1.67. The average Bonchev–Trinajstić information content (AvgIpc) is 2.60. The second-order valence-electron chi connectivity index (χ2n) is 3.26. The summed E-state index contributed by atoms with van der Waals surface area (Å²) in [6.45, 7) is 0.820. The first-order valence-corrected chi connectivity index (χ1v) is 4.43. The summed E-state index contributed by atoms with van der Waals surface area (Å²) in [5, 5.41) is 9.60. The molecule has 1 aromatic rings. The molecule has 1 aromatic carbocycles. The van der Waals surface area contributed by atoms with Gasteiger partial charge < -0.3 is 15.6 Å². The van der Waals surface area contributed by atoms with Crippen molar-refractivity contribution in [2.75, 3.05) is 13.2 Å². The summed E-state index contributed by atoms with van der Waals surface area (Å²) in [5.74, 6) is 0.918. The summed E-state index contributed by atoms with van der Waals surface area (Å²) in [6, 6.07) is 7.77. The summed E-state index contributed by atoms with van der Waals surface area (Å²) in [6.07, 6.45) is -0.497. The number of nitrogens with two attached hydrogens (primary N) is 1. The number of fused-ring (bicyclic) bond motifs is 1. The van der Waals surface area contributed by atoms with Gasteiger partial charge in [-0.3, -0.25) is 0 Å². The van der Waals surface area contributed by atoms with Crippen LogP contribution in [0.15, 0.2) is 24.3 Å². The Kier molecular flexibility index (Phi) is 2.20. The van der Waals surface area contributed by atoms with E-state index in [0.29, 0.717) is 6.61 Å². The quantitative estimate of drug-likeness (QED) is 0.694. The van der Waals surface area contributed by atoms with Crippen molar-refractivity contribution in [2.24, 2.45) is 5.73 Å². The van der Waals surface area contributed by atoms with Crippen LogP contribution < -0.4 is 10.5 Å². The van der Waals surface area contributed by atoms with E-state index in [4.69, 9.17) is 10.5 Å². The topological polar surface area (TPSA) is 55.5 Å². The summed E-state index contributed by atoms with van der Waals surface area (Å²) in [5.41, 5.74) is 6.47. The highest BCUT2D eigenvalue weighted by atomic mass is 16.5. The molecule has 0 saturated heterocycles. The molecular formula is C10H13NO2. The van der Waals surface area contributed by atoms with E-state index in [2.05, 4.69) is 0 Å². The zero-order valence-electron chi connectivity index (χ0n) is 7.31. The maximum atomic E-state index is 9.60. The monoisotopic (exact) mass is 179 g/mol. The predicted molar refractivity (Wildman–Crippen MR) is 49.7 cm³/mol. The van der Waals surface area contributed by atoms with Crippen LogP contribution in [0.2, 0.25) is 0 Å². The van der Waals surface area contributed by atoms with Crippen LogP contribution in [0.3, 0.4) is 0 Å². The molecule has 0 aromatic heterocycles. The van der Waals surface area contributed by atoms with Gasteiger partial charge in [-0.05, 0) is 6.07 Å². The SMILES string of the molecule is NC[C@H](O)[C@@H]1COc2ccccc21. The number of rotatable bonds is 2. The molecule has 2 atom stereocenters. The smallest absolute Gasteiger partial charge is 0.123 e. The van der Waals surface area contributed by atoms with Gasteiger partial charge in [0.1, 0.15) is 5.75 Å². The van der Waals surface area contributed by atoms with Crippen molar-refractivity contribution in [2.45, 2.75) is 12.0 Å². The minimum absolute atomic E-state index is 0.0428. The molecule has 0 amide bonds. The molecule has 70 valence electrons. The normalized spacial score (nSPS) is 22.2. The van der Waals surface area contributed by atoms with E-state index in [9.17, 15) is 5.11 Å². The van der Waals surface area contributed by atoms with Crippen molar-refractivity contribution in [3.63, 3.8) is 0 Å². The van der Waals surface area contributed by atoms with E-state index in [0.717, 1.165) is 11.3 Å². The Morgan fingerprint density at radius 2 is 2.31 bits per heavy atom. The third kappa shape index (κ3) is 1.41. The Bertz CT molecular complexity index is 301. The zero-order chi connectivity index (χ0) is 9.26. The van der Waals surface area contributed by atoms with Crippen LogP contribution in [0.25, 0.3) is 0 Å². The molecule has 0 saturated carbocycles. The molecule has 0 fully saturated rings. The van der Waals surface area contributed by atoms with Gasteiger partial charge in [0.15, 0.2) is 0 Å². The molecule has 1 aliphatic heterocycles. The molecule has 2 rings (SSSR count). The van der Waals surface area contributed by atoms with Crippen LogP contribution in [-0.4, -0.2) is 24.4 Å². The van der Waals surface area contributed by atoms with Gasteiger partial charge in [-0.15, -0.1) is 0 Å². The number of para-hydroxylation sites is 1. The van der Waals surface area contributed by atoms with Gasteiger partial charge in [-0.1, -0.05) is 18.2 Å². The van der Waals surface area contributed by atoms with E-state index in [1.54, 1.807) is 0 Å². The van der Waals surface area contributed by atoms with Gasteiger partial charge in [-0.25, -0.2) is 0 Å². The number of benzene rings is 1. The number of aliphatic hydroxyl groups excluding tert-OH is 1. The molecule has 0 spiro atoms. The molecule has 1 heterocycles. The highest BCUT2D eigenvalue weighted by Gasteiger charge is 2.28. The van der Waals surface area contributed by atoms with E-state index in [-0.39, 0.29) is 12.5 Å². The Labute approximate surface area is 77.1 Å². The lowest BCUT2D eigenvalue weighted by Gasteiger charge is -2.14. The van der Waals surface area contributed by atoms with Gasteiger partial charge in [-0.2, -0.15) is 0 Å². The highest BCUT2D eigenvalue weighted by molar-refractivity contribution is 5.40. The summed E-state index contributed by atoms with van der Waals surface area (Å²) < 4.78 is 5.42. The van der Waals surface area contributed by atoms with Crippen molar-refractivity contribution in [3.05, 3.63) is 29.8 Å². The zero-order valence-corrected chi connectivity index (χ0v) is 7.31. The molecule has 3 N–H and O–H groups in total. The summed E-state index contributed by atoms with van der Waals surface area (Å²) in [7, 11) is 0. The minimum Gasteiger partial charge on any atom is -0.493 e. The van der Waals surface area contributed by atoms with Crippen LogP contribution in [0, 0.1) is 0 Å². The third-order valence-electron chi connectivity index (χ3n) is 2.44. The molecule has 0 radical (unpaired) electrons. The Morgan fingerprint density at radius 1 is 1.54 bits per heavy atom. The summed E-state index contributed by atoms with van der Waals surface area (Å²) >= 11 is 0. The van der Waals surface area contributed by atoms with Crippen molar-refractivity contribution < 1.29 is 9.84 Å². The van der Waals surface area contributed by atoms with Crippen molar-refractivity contribution >= 4 is 0 Å². The second kappa shape index (κ2) is 3.36. The Hall–Kier alpha value is -1.06. The van der Waals surface area contributed by atoms with E-state index in [1.807, 2.05) is 24.3 Å². The molecule has 13 heavy (non-hydrogen) atoms. The fourth-order valence-electron chi connectivity index (χ4n) is 1.67. The summed E-state index contributed by atoms with van der Waals surface area (Å²) in [4.78, 5) is 0. The molecular weight excluding hydrogens is 166 g/mol. The maximum Gasteiger partial charge on any atom is 0.123 e. The third-order valence-corrected chi connectivity index (χ3v) is 2.44. The van der Waals surface area contributed by atoms with Gasteiger partial charge >= 0.3 is 0 Å². The molecule has 0 aliphatic carbocycles. The first kappa shape index (κ1) is 8.53. The predicted octanol–water partition coefficient (Wildman–Crippen LogP) is 0.482. The first-order chi connectivity index (χ1) is 6.33. The van der Waals surface area contributed by atoms with Crippen molar-refractivity contribution in [3.8, 4) is 5.75 Å². The second-order valence-corrected chi connectivity index (χ2v) is 3.26. The molecule has 1 aliphatic rings. The van der Waals surface area contributed by atoms with E-state index >= 15 is 0 Å². The van der Waals surface area contributed by atoms with Crippen LogP contribution in [-0.2, 0) is 0 Å².